The molecule has 1 aromatic carbocycles. The Balaban J connectivity index is 1.83. The molecule has 0 aliphatic carbocycles. The summed E-state index contributed by atoms with van der Waals surface area (Å²) in [4.78, 5) is 2.41. The summed E-state index contributed by atoms with van der Waals surface area (Å²) in [5.74, 6) is 0.961. The molecule has 2 aliphatic rings. The van der Waals surface area contributed by atoms with Crippen molar-refractivity contribution >= 4 is 22.6 Å². The van der Waals surface area contributed by atoms with Crippen LogP contribution in [0.4, 0.5) is 0 Å². The predicted molar refractivity (Wildman–Crippen MR) is 74.3 cm³/mol. The monoisotopic (exact) mass is 277 g/mol. The van der Waals surface area contributed by atoms with Gasteiger partial charge in [-0.1, -0.05) is 23.7 Å². The summed E-state index contributed by atoms with van der Waals surface area (Å²) in [5, 5.41) is 12.6. The van der Waals surface area contributed by atoms with Crippen molar-refractivity contribution in [1.29, 1.82) is 0 Å². The predicted octanol–water partition coefficient (Wildman–Crippen LogP) is 3.00. The van der Waals surface area contributed by atoms with Crippen LogP contribution in [0, 0.1) is 5.92 Å². The van der Waals surface area contributed by atoms with Crippen molar-refractivity contribution in [1.82, 2.24) is 4.90 Å². The highest BCUT2D eigenvalue weighted by Crippen LogP contribution is 2.44. The number of furan rings is 1. The third kappa shape index (κ3) is 1.65. The van der Waals surface area contributed by atoms with E-state index in [1.54, 1.807) is 0 Å². The zero-order chi connectivity index (χ0) is 13.0. The van der Waals surface area contributed by atoms with Gasteiger partial charge in [0.05, 0.1) is 5.02 Å². The molecule has 0 spiro atoms. The van der Waals surface area contributed by atoms with Gasteiger partial charge >= 0.3 is 0 Å². The molecule has 19 heavy (non-hydrogen) atoms. The lowest BCUT2D eigenvalue weighted by molar-refractivity contribution is -0.0653. The van der Waals surface area contributed by atoms with Crippen molar-refractivity contribution in [3.63, 3.8) is 0 Å². The van der Waals surface area contributed by atoms with Crippen molar-refractivity contribution < 1.29 is 9.52 Å². The largest absolute Gasteiger partial charge is 0.456 e. The van der Waals surface area contributed by atoms with Gasteiger partial charge in [0.1, 0.15) is 11.4 Å². The molecular weight excluding hydrogens is 262 g/mol. The number of fused-ring (bicyclic) bond motifs is 3. The molecule has 2 bridgehead atoms. The highest BCUT2D eigenvalue weighted by atomic mass is 35.5. The molecule has 4 heteroatoms. The molecule has 100 valence electrons. The highest BCUT2D eigenvalue weighted by Gasteiger charge is 2.48. The first-order valence-corrected chi connectivity index (χ1v) is 7.18. The second-order valence-electron chi connectivity index (χ2n) is 5.73. The number of para-hydroxylation sites is 1. The van der Waals surface area contributed by atoms with Gasteiger partial charge in [-0.15, -0.1) is 0 Å². The zero-order valence-corrected chi connectivity index (χ0v) is 11.4. The lowest BCUT2D eigenvalue weighted by atomic mass is 9.80. The van der Waals surface area contributed by atoms with E-state index in [0.29, 0.717) is 16.4 Å². The average molecular weight is 278 g/mol. The van der Waals surface area contributed by atoms with E-state index < -0.39 is 5.60 Å². The SMILES string of the molecule is OC1(c2cc3cccc(Cl)c3o2)CCN2CCC1C2. The molecular formula is C15H16ClNO2. The molecule has 3 unspecified atom stereocenters. The Bertz CT molecular complexity index is 638. The maximum absolute atomic E-state index is 11.1. The smallest absolute Gasteiger partial charge is 0.153 e. The van der Waals surface area contributed by atoms with Gasteiger partial charge in [0.15, 0.2) is 5.58 Å². The molecule has 2 aliphatic heterocycles. The second-order valence-corrected chi connectivity index (χ2v) is 6.14. The van der Waals surface area contributed by atoms with Gasteiger partial charge in [-0.05, 0) is 31.5 Å². The first-order chi connectivity index (χ1) is 9.17. The Labute approximate surface area is 116 Å². The fourth-order valence-electron chi connectivity index (χ4n) is 3.52. The van der Waals surface area contributed by atoms with Gasteiger partial charge in [-0.2, -0.15) is 0 Å². The van der Waals surface area contributed by atoms with Crippen LogP contribution < -0.4 is 0 Å². The minimum atomic E-state index is -0.824. The Morgan fingerprint density at radius 3 is 3.11 bits per heavy atom. The summed E-state index contributed by atoms with van der Waals surface area (Å²) < 4.78 is 5.89. The second kappa shape index (κ2) is 3.98. The summed E-state index contributed by atoms with van der Waals surface area (Å²) >= 11 is 6.15. The third-order valence-corrected chi connectivity index (χ3v) is 4.98. The van der Waals surface area contributed by atoms with Crippen molar-refractivity contribution in [2.24, 2.45) is 5.92 Å². The molecule has 0 radical (unpaired) electrons. The van der Waals surface area contributed by atoms with Gasteiger partial charge in [0, 0.05) is 24.4 Å². The van der Waals surface area contributed by atoms with E-state index in [-0.39, 0.29) is 5.92 Å². The molecule has 1 aromatic heterocycles. The number of benzene rings is 1. The van der Waals surface area contributed by atoms with E-state index in [1.165, 1.54) is 0 Å². The first-order valence-electron chi connectivity index (χ1n) is 6.80. The molecule has 0 saturated carbocycles. The molecule has 0 amide bonds. The standard InChI is InChI=1S/C15H16ClNO2/c16-12-3-1-2-10-8-13(19-14(10)12)15(18)5-7-17-6-4-11(15)9-17/h1-3,8,11,18H,4-7,9H2. The zero-order valence-electron chi connectivity index (χ0n) is 10.6. The van der Waals surface area contributed by atoms with Crippen molar-refractivity contribution in [3.8, 4) is 0 Å². The van der Waals surface area contributed by atoms with Crippen LogP contribution in [-0.2, 0) is 5.60 Å². The number of hydrogen-bond acceptors (Lipinski definition) is 3. The van der Waals surface area contributed by atoms with Gasteiger partial charge < -0.3 is 14.4 Å². The number of aliphatic hydroxyl groups is 1. The Hall–Kier alpha value is -1.03. The Morgan fingerprint density at radius 2 is 2.26 bits per heavy atom. The van der Waals surface area contributed by atoms with E-state index in [0.717, 1.165) is 37.9 Å². The normalized spacial score (nSPS) is 34.0. The fraction of sp³-hybridized carbons (Fsp3) is 0.467. The van der Waals surface area contributed by atoms with Crippen LogP contribution in [0.1, 0.15) is 18.6 Å². The van der Waals surface area contributed by atoms with E-state index in [9.17, 15) is 5.11 Å². The number of rotatable bonds is 1. The van der Waals surface area contributed by atoms with Gasteiger partial charge in [-0.3, -0.25) is 0 Å². The number of halogens is 1. The van der Waals surface area contributed by atoms with Crippen LogP contribution >= 0.6 is 11.6 Å². The van der Waals surface area contributed by atoms with Gasteiger partial charge in [-0.25, -0.2) is 0 Å². The van der Waals surface area contributed by atoms with Crippen LogP contribution in [-0.4, -0.2) is 29.6 Å². The van der Waals surface area contributed by atoms with Crippen molar-refractivity contribution in [3.05, 3.63) is 35.0 Å². The summed E-state index contributed by atoms with van der Waals surface area (Å²) in [6.07, 6.45) is 1.79. The fourth-order valence-corrected chi connectivity index (χ4v) is 3.74. The van der Waals surface area contributed by atoms with Gasteiger partial charge in [0.2, 0.25) is 0 Å². The Morgan fingerprint density at radius 1 is 1.37 bits per heavy atom. The minimum absolute atomic E-state index is 0.278. The van der Waals surface area contributed by atoms with E-state index in [4.69, 9.17) is 16.0 Å². The van der Waals surface area contributed by atoms with Crippen molar-refractivity contribution in [2.45, 2.75) is 18.4 Å². The van der Waals surface area contributed by atoms with E-state index in [1.807, 2.05) is 24.3 Å². The molecule has 3 atom stereocenters. The molecule has 3 nitrogen and oxygen atoms in total. The number of nitrogens with zero attached hydrogens (tertiary/aromatic N) is 1. The van der Waals surface area contributed by atoms with Crippen LogP contribution in [0.2, 0.25) is 5.02 Å². The summed E-state index contributed by atoms with van der Waals surface area (Å²) in [6.45, 7) is 3.01. The number of piperidine rings is 1. The average Bonchev–Trinajstić information content (AvgIpc) is 3.01. The molecule has 2 aromatic rings. The van der Waals surface area contributed by atoms with Crippen LogP contribution in [0.25, 0.3) is 11.0 Å². The third-order valence-electron chi connectivity index (χ3n) is 4.68. The molecule has 2 saturated heterocycles. The minimum Gasteiger partial charge on any atom is -0.456 e. The quantitative estimate of drug-likeness (QED) is 0.871. The van der Waals surface area contributed by atoms with Crippen LogP contribution in [0.3, 0.4) is 0 Å². The summed E-state index contributed by atoms with van der Waals surface area (Å²) in [5.41, 5.74) is -0.136. The molecule has 4 rings (SSSR count). The van der Waals surface area contributed by atoms with Gasteiger partial charge in [0.25, 0.3) is 0 Å². The number of hydrogen-bond donors (Lipinski definition) is 1. The molecule has 3 heterocycles. The summed E-state index contributed by atoms with van der Waals surface area (Å²) in [6, 6.07) is 7.65. The van der Waals surface area contributed by atoms with E-state index in [2.05, 4.69) is 4.90 Å². The first kappa shape index (κ1) is 11.8. The lowest BCUT2D eigenvalue weighted by Crippen LogP contribution is -2.43. The maximum Gasteiger partial charge on any atom is 0.153 e. The molecule has 2 fully saturated rings. The van der Waals surface area contributed by atoms with E-state index >= 15 is 0 Å². The lowest BCUT2D eigenvalue weighted by Gasteiger charge is -2.37. The van der Waals surface area contributed by atoms with Crippen LogP contribution in [0.5, 0.6) is 0 Å². The highest BCUT2D eigenvalue weighted by molar-refractivity contribution is 6.34. The Kier molecular flexibility index (Phi) is 2.47. The topological polar surface area (TPSA) is 36.6 Å². The van der Waals surface area contributed by atoms with Crippen LogP contribution in [0.15, 0.2) is 28.7 Å². The summed E-state index contributed by atoms with van der Waals surface area (Å²) in [7, 11) is 0. The maximum atomic E-state index is 11.1. The molecule has 1 N–H and O–H groups in total. The van der Waals surface area contributed by atoms with Crippen molar-refractivity contribution in [2.75, 3.05) is 19.6 Å².